The number of fused-ring (bicyclic) bond motifs is 1. The first-order chi connectivity index (χ1) is 16.0. The Kier molecular flexibility index (Phi) is 6.43. The number of thiophene rings is 1. The highest BCUT2D eigenvalue weighted by Crippen LogP contribution is 2.31. The second-order valence-corrected chi connectivity index (χ2v) is 10.6. The lowest BCUT2D eigenvalue weighted by Gasteiger charge is -2.30. The summed E-state index contributed by atoms with van der Waals surface area (Å²) in [6.45, 7) is 2.58. The van der Waals surface area contributed by atoms with Crippen molar-refractivity contribution in [1.82, 2.24) is 14.0 Å². The summed E-state index contributed by atoms with van der Waals surface area (Å²) in [6.07, 6.45) is 5.64. The molecule has 1 amide bonds. The third-order valence-electron chi connectivity index (χ3n) is 7.14. The summed E-state index contributed by atoms with van der Waals surface area (Å²) in [6, 6.07) is 9.27. The van der Waals surface area contributed by atoms with Gasteiger partial charge in [-0.15, -0.1) is 11.3 Å². The number of amides is 1. The van der Waals surface area contributed by atoms with Gasteiger partial charge in [0, 0.05) is 30.6 Å². The maximum Gasteiger partial charge on any atom is 0.331 e. The van der Waals surface area contributed by atoms with E-state index in [0.717, 1.165) is 57.2 Å². The van der Waals surface area contributed by atoms with E-state index in [4.69, 9.17) is 11.6 Å². The van der Waals surface area contributed by atoms with Crippen molar-refractivity contribution >= 4 is 39.1 Å². The zero-order chi connectivity index (χ0) is 22.9. The second-order valence-electron chi connectivity index (χ2n) is 9.30. The van der Waals surface area contributed by atoms with Crippen LogP contribution in [0.2, 0.25) is 5.02 Å². The third kappa shape index (κ3) is 4.53. The molecule has 0 atom stereocenters. The first kappa shape index (κ1) is 22.4. The summed E-state index contributed by atoms with van der Waals surface area (Å²) >= 11 is 7.39. The maximum atomic E-state index is 13.4. The van der Waals surface area contributed by atoms with Crippen molar-refractivity contribution in [3.05, 3.63) is 67.1 Å². The number of carbonyl (C=O) groups excluding carboxylic acids is 1. The van der Waals surface area contributed by atoms with Crippen molar-refractivity contribution in [3.63, 3.8) is 0 Å². The predicted molar refractivity (Wildman–Crippen MR) is 132 cm³/mol. The van der Waals surface area contributed by atoms with Gasteiger partial charge >= 0.3 is 5.69 Å². The Labute approximate surface area is 201 Å². The first-order valence-corrected chi connectivity index (χ1v) is 13.0. The Balaban J connectivity index is 1.36. The summed E-state index contributed by atoms with van der Waals surface area (Å²) in [5.74, 6) is 0.630. The second kappa shape index (κ2) is 9.47. The molecule has 1 aliphatic carbocycles. The minimum Gasteiger partial charge on any atom is -0.342 e. The van der Waals surface area contributed by atoms with Crippen LogP contribution in [0, 0.1) is 11.8 Å². The number of benzene rings is 1. The van der Waals surface area contributed by atoms with Gasteiger partial charge in [-0.25, -0.2) is 4.79 Å². The van der Waals surface area contributed by atoms with Gasteiger partial charge in [-0.1, -0.05) is 23.7 Å². The van der Waals surface area contributed by atoms with Crippen molar-refractivity contribution in [2.75, 3.05) is 13.1 Å². The Bertz CT molecular complexity index is 1260. The lowest BCUT2D eigenvalue weighted by atomic mass is 9.81. The average Bonchev–Trinajstić information content (AvgIpc) is 3.53. The normalized spacial score (nSPS) is 21.1. The largest absolute Gasteiger partial charge is 0.342 e. The lowest BCUT2D eigenvalue weighted by molar-refractivity contribution is -0.135. The van der Waals surface area contributed by atoms with Crippen molar-refractivity contribution in [2.45, 2.75) is 51.6 Å². The standard InChI is InChI=1S/C25H28ClN3O3S/c26-20-9-5-18(6-10-20)15-28-21-11-14-33-22(21)24(31)29(25(28)32)16-17-3-7-19(8-4-17)23(30)27-12-1-2-13-27/h5-6,9-11,14,17,19H,1-4,7-8,12-13,15-16H2. The number of rotatable bonds is 5. The number of hydrogen-bond acceptors (Lipinski definition) is 4. The highest BCUT2D eigenvalue weighted by molar-refractivity contribution is 7.17. The molecule has 2 fully saturated rings. The van der Waals surface area contributed by atoms with Gasteiger partial charge in [-0.05, 0) is 73.6 Å². The molecular weight excluding hydrogens is 458 g/mol. The molecule has 174 valence electrons. The van der Waals surface area contributed by atoms with Gasteiger partial charge in [0.15, 0.2) is 0 Å². The van der Waals surface area contributed by atoms with E-state index in [1.165, 1.54) is 15.9 Å². The molecule has 1 aliphatic heterocycles. The molecule has 0 bridgehead atoms. The Hall–Kier alpha value is -2.38. The number of halogens is 1. The monoisotopic (exact) mass is 485 g/mol. The summed E-state index contributed by atoms with van der Waals surface area (Å²) in [4.78, 5) is 41.3. The van der Waals surface area contributed by atoms with Crippen molar-refractivity contribution < 1.29 is 4.79 Å². The van der Waals surface area contributed by atoms with E-state index < -0.39 is 0 Å². The fraction of sp³-hybridized carbons (Fsp3) is 0.480. The van der Waals surface area contributed by atoms with Crippen LogP contribution in [0.15, 0.2) is 45.3 Å². The molecule has 5 rings (SSSR count). The molecule has 1 saturated heterocycles. The number of likely N-dealkylation sites (tertiary alicyclic amines) is 1. The topological polar surface area (TPSA) is 64.3 Å². The summed E-state index contributed by atoms with van der Waals surface area (Å²) in [5, 5.41) is 2.51. The molecule has 33 heavy (non-hydrogen) atoms. The van der Waals surface area contributed by atoms with Crippen LogP contribution in [0.3, 0.4) is 0 Å². The van der Waals surface area contributed by atoms with E-state index >= 15 is 0 Å². The molecule has 0 spiro atoms. The van der Waals surface area contributed by atoms with Gasteiger partial charge < -0.3 is 4.90 Å². The Morgan fingerprint density at radius 1 is 0.970 bits per heavy atom. The number of aromatic nitrogens is 2. The molecule has 1 aromatic carbocycles. The van der Waals surface area contributed by atoms with E-state index in [-0.39, 0.29) is 23.1 Å². The summed E-state index contributed by atoms with van der Waals surface area (Å²) in [5.41, 5.74) is 1.17. The quantitative estimate of drug-likeness (QED) is 0.539. The fourth-order valence-electron chi connectivity index (χ4n) is 5.27. The van der Waals surface area contributed by atoms with Crippen molar-refractivity contribution in [1.29, 1.82) is 0 Å². The highest BCUT2D eigenvalue weighted by atomic mass is 35.5. The van der Waals surface area contributed by atoms with Gasteiger partial charge in [0.1, 0.15) is 4.70 Å². The molecule has 2 aromatic heterocycles. The van der Waals surface area contributed by atoms with Crippen LogP contribution in [0.1, 0.15) is 44.1 Å². The fourth-order valence-corrected chi connectivity index (χ4v) is 6.23. The Morgan fingerprint density at radius 2 is 1.67 bits per heavy atom. The molecule has 6 nitrogen and oxygen atoms in total. The van der Waals surface area contributed by atoms with E-state index in [0.29, 0.717) is 34.2 Å². The molecule has 1 saturated carbocycles. The van der Waals surface area contributed by atoms with E-state index in [1.807, 2.05) is 40.6 Å². The van der Waals surface area contributed by atoms with Crippen molar-refractivity contribution in [3.8, 4) is 0 Å². The SMILES string of the molecule is O=C(C1CCC(Cn2c(=O)c3sccc3n(Cc3ccc(Cl)cc3)c2=O)CC1)N1CCCC1. The van der Waals surface area contributed by atoms with E-state index in [2.05, 4.69) is 0 Å². The Morgan fingerprint density at radius 3 is 2.36 bits per heavy atom. The van der Waals surface area contributed by atoms with Crippen LogP contribution in [-0.4, -0.2) is 33.0 Å². The highest BCUT2D eigenvalue weighted by Gasteiger charge is 2.31. The lowest BCUT2D eigenvalue weighted by Crippen LogP contribution is -2.42. The van der Waals surface area contributed by atoms with Gasteiger partial charge in [-0.3, -0.25) is 18.7 Å². The number of nitrogens with zero attached hydrogens (tertiary/aromatic N) is 3. The molecule has 2 aliphatic rings. The van der Waals surface area contributed by atoms with Gasteiger partial charge in [0.2, 0.25) is 5.91 Å². The van der Waals surface area contributed by atoms with Crippen LogP contribution in [-0.2, 0) is 17.9 Å². The molecule has 3 aromatic rings. The zero-order valence-electron chi connectivity index (χ0n) is 18.5. The first-order valence-electron chi connectivity index (χ1n) is 11.8. The summed E-state index contributed by atoms with van der Waals surface area (Å²) < 4.78 is 3.72. The molecule has 8 heteroatoms. The smallest absolute Gasteiger partial charge is 0.331 e. The van der Waals surface area contributed by atoms with E-state index in [1.54, 1.807) is 4.57 Å². The molecule has 3 heterocycles. The van der Waals surface area contributed by atoms with Gasteiger partial charge in [0.25, 0.3) is 5.56 Å². The van der Waals surface area contributed by atoms with Gasteiger partial charge in [-0.2, -0.15) is 0 Å². The van der Waals surface area contributed by atoms with E-state index in [9.17, 15) is 14.4 Å². The van der Waals surface area contributed by atoms with Crippen LogP contribution in [0.5, 0.6) is 0 Å². The molecule has 0 N–H and O–H groups in total. The zero-order valence-corrected chi connectivity index (χ0v) is 20.1. The van der Waals surface area contributed by atoms with Crippen molar-refractivity contribution in [2.24, 2.45) is 11.8 Å². The minimum atomic E-state index is -0.267. The number of hydrogen-bond donors (Lipinski definition) is 0. The van der Waals surface area contributed by atoms with Crippen LogP contribution >= 0.6 is 22.9 Å². The average molecular weight is 486 g/mol. The maximum absolute atomic E-state index is 13.4. The van der Waals surface area contributed by atoms with Crippen LogP contribution < -0.4 is 11.2 Å². The molecular formula is C25H28ClN3O3S. The van der Waals surface area contributed by atoms with Gasteiger partial charge in [0.05, 0.1) is 12.1 Å². The number of carbonyl (C=O) groups is 1. The third-order valence-corrected chi connectivity index (χ3v) is 8.29. The predicted octanol–water partition coefficient (Wildman–Crippen LogP) is 4.36. The van der Waals surface area contributed by atoms with Crippen LogP contribution in [0.4, 0.5) is 0 Å². The summed E-state index contributed by atoms with van der Waals surface area (Å²) in [7, 11) is 0. The molecule has 0 radical (unpaired) electrons. The minimum absolute atomic E-state index is 0.0948. The molecule has 0 unspecified atom stereocenters. The van der Waals surface area contributed by atoms with Crippen LogP contribution in [0.25, 0.3) is 10.2 Å².